The fourth-order valence-electron chi connectivity index (χ4n) is 3.07. The molecule has 0 aliphatic carbocycles. The first-order valence-corrected chi connectivity index (χ1v) is 9.45. The maximum atomic E-state index is 13.1. The highest BCUT2D eigenvalue weighted by Crippen LogP contribution is 2.30. The van der Waals surface area contributed by atoms with E-state index in [1.807, 2.05) is 48.9 Å². The number of hydrogen-bond donors (Lipinski definition) is 1. The quantitative estimate of drug-likeness (QED) is 0.626. The van der Waals surface area contributed by atoms with Gasteiger partial charge >= 0.3 is 0 Å². The van der Waals surface area contributed by atoms with Crippen LogP contribution in [0.4, 0.5) is 0 Å². The monoisotopic (exact) mass is 385 g/mol. The van der Waals surface area contributed by atoms with E-state index in [0.717, 1.165) is 17.1 Å². The molecule has 0 fully saturated rings. The summed E-state index contributed by atoms with van der Waals surface area (Å²) < 4.78 is 7.17. The summed E-state index contributed by atoms with van der Waals surface area (Å²) in [6.07, 6.45) is 1.60. The zero-order valence-electron chi connectivity index (χ0n) is 16.0. The van der Waals surface area contributed by atoms with Gasteiger partial charge in [-0.15, -0.1) is 0 Å². The van der Waals surface area contributed by atoms with Gasteiger partial charge in [-0.05, 0) is 48.2 Å². The standard InChI is InChI=1S/C21H24ClN3O2/c1-13(2)19-18(21(26)23-12-17-6-5-11-27-17)20(14(3)4)25(24-19)16-9-7-15(22)8-10-16/h5-11,13-14H,12H2,1-4H3,(H,23,26). The summed E-state index contributed by atoms with van der Waals surface area (Å²) in [5.41, 5.74) is 3.19. The zero-order chi connectivity index (χ0) is 19.6. The fraction of sp³-hybridized carbons (Fsp3) is 0.333. The number of benzene rings is 1. The van der Waals surface area contributed by atoms with Crippen LogP contribution < -0.4 is 5.32 Å². The van der Waals surface area contributed by atoms with Gasteiger partial charge in [0.25, 0.3) is 5.91 Å². The summed E-state index contributed by atoms with van der Waals surface area (Å²) in [6, 6.07) is 11.1. The molecular weight excluding hydrogens is 362 g/mol. The molecule has 0 atom stereocenters. The molecule has 2 aromatic heterocycles. The first-order chi connectivity index (χ1) is 12.9. The molecule has 0 saturated heterocycles. The minimum Gasteiger partial charge on any atom is -0.467 e. The third kappa shape index (κ3) is 4.08. The Morgan fingerprint density at radius 3 is 2.41 bits per heavy atom. The molecule has 1 aromatic carbocycles. The van der Waals surface area contributed by atoms with E-state index in [1.165, 1.54) is 0 Å². The second-order valence-corrected chi connectivity index (χ2v) is 7.54. The average Bonchev–Trinajstić information content (AvgIpc) is 3.28. The smallest absolute Gasteiger partial charge is 0.255 e. The van der Waals surface area contributed by atoms with Gasteiger partial charge in [0, 0.05) is 5.02 Å². The molecule has 3 aromatic rings. The highest BCUT2D eigenvalue weighted by molar-refractivity contribution is 6.30. The van der Waals surface area contributed by atoms with Crippen LogP contribution >= 0.6 is 11.6 Å². The second kappa shape index (κ2) is 8.01. The van der Waals surface area contributed by atoms with Crippen LogP contribution in [0.3, 0.4) is 0 Å². The second-order valence-electron chi connectivity index (χ2n) is 7.11. The van der Waals surface area contributed by atoms with Crippen molar-refractivity contribution in [1.82, 2.24) is 15.1 Å². The summed E-state index contributed by atoms with van der Waals surface area (Å²) in [5, 5.41) is 8.41. The van der Waals surface area contributed by atoms with Crippen molar-refractivity contribution in [3.8, 4) is 5.69 Å². The third-order valence-electron chi connectivity index (χ3n) is 4.34. The number of carbonyl (C=O) groups is 1. The lowest BCUT2D eigenvalue weighted by Gasteiger charge is -2.13. The van der Waals surface area contributed by atoms with Crippen LogP contribution in [0.5, 0.6) is 0 Å². The Morgan fingerprint density at radius 1 is 1.15 bits per heavy atom. The Kier molecular flexibility index (Phi) is 5.71. The van der Waals surface area contributed by atoms with E-state index in [-0.39, 0.29) is 17.7 Å². The number of amides is 1. The first kappa shape index (κ1) is 19.2. The Morgan fingerprint density at radius 2 is 1.85 bits per heavy atom. The van der Waals surface area contributed by atoms with Gasteiger partial charge in [0.2, 0.25) is 0 Å². The molecule has 6 heteroatoms. The summed E-state index contributed by atoms with van der Waals surface area (Å²) in [5.74, 6) is 0.801. The molecule has 1 N–H and O–H groups in total. The molecule has 142 valence electrons. The zero-order valence-corrected chi connectivity index (χ0v) is 16.7. The molecule has 0 aliphatic heterocycles. The van der Waals surface area contributed by atoms with E-state index in [1.54, 1.807) is 12.3 Å². The van der Waals surface area contributed by atoms with E-state index in [9.17, 15) is 4.79 Å². The van der Waals surface area contributed by atoms with Crippen molar-refractivity contribution in [1.29, 1.82) is 0 Å². The summed E-state index contributed by atoms with van der Waals surface area (Å²) in [4.78, 5) is 13.1. The molecule has 0 unspecified atom stereocenters. The van der Waals surface area contributed by atoms with E-state index in [4.69, 9.17) is 21.1 Å². The van der Waals surface area contributed by atoms with Crippen molar-refractivity contribution in [2.45, 2.75) is 46.1 Å². The SMILES string of the molecule is CC(C)c1nn(-c2ccc(Cl)cc2)c(C(C)C)c1C(=O)NCc1ccco1. The van der Waals surface area contributed by atoms with Crippen LogP contribution in [0, 0.1) is 0 Å². The highest BCUT2D eigenvalue weighted by Gasteiger charge is 2.27. The van der Waals surface area contributed by atoms with E-state index >= 15 is 0 Å². The molecule has 0 spiro atoms. The van der Waals surface area contributed by atoms with Crippen molar-refractivity contribution in [2.24, 2.45) is 0 Å². The summed E-state index contributed by atoms with van der Waals surface area (Å²) in [6.45, 7) is 8.56. The predicted molar refractivity (Wildman–Crippen MR) is 107 cm³/mol. The highest BCUT2D eigenvalue weighted by atomic mass is 35.5. The number of furan rings is 1. The maximum Gasteiger partial charge on any atom is 0.255 e. The van der Waals surface area contributed by atoms with Gasteiger partial charge in [-0.1, -0.05) is 39.3 Å². The lowest BCUT2D eigenvalue weighted by atomic mass is 9.98. The van der Waals surface area contributed by atoms with Crippen molar-refractivity contribution < 1.29 is 9.21 Å². The number of aromatic nitrogens is 2. The summed E-state index contributed by atoms with van der Waals surface area (Å²) in [7, 11) is 0. The topological polar surface area (TPSA) is 60.1 Å². The predicted octanol–water partition coefficient (Wildman–Crippen LogP) is 5.30. The van der Waals surface area contributed by atoms with Gasteiger partial charge in [0.05, 0.1) is 35.4 Å². The van der Waals surface area contributed by atoms with Crippen molar-refractivity contribution in [3.63, 3.8) is 0 Å². The van der Waals surface area contributed by atoms with Gasteiger partial charge < -0.3 is 9.73 Å². The van der Waals surface area contributed by atoms with Crippen molar-refractivity contribution in [2.75, 3.05) is 0 Å². The van der Waals surface area contributed by atoms with Crippen LogP contribution in [-0.2, 0) is 6.54 Å². The molecule has 2 heterocycles. The molecular formula is C21H24ClN3O2. The van der Waals surface area contributed by atoms with Gasteiger partial charge in [-0.2, -0.15) is 5.10 Å². The molecule has 0 saturated carbocycles. The maximum absolute atomic E-state index is 13.1. The van der Waals surface area contributed by atoms with Crippen LogP contribution in [0.25, 0.3) is 5.69 Å². The molecule has 5 nitrogen and oxygen atoms in total. The number of rotatable bonds is 6. The molecule has 3 rings (SSSR count). The molecule has 0 radical (unpaired) electrons. The number of carbonyl (C=O) groups excluding carboxylic acids is 1. The van der Waals surface area contributed by atoms with E-state index < -0.39 is 0 Å². The van der Waals surface area contributed by atoms with Crippen LogP contribution in [-0.4, -0.2) is 15.7 Å². The minimum atomic E-state index is -0.140. The lowest BCUT2D eigenvalue weighted by molar-refractivity contribution is 0.0945. The Labute approximate surface area is 164 Å². The van der Waals surface area contributed by atoms with E-state index in [2.05, 4.69) is 19.2 Å². The normalized spacial score (nSPS) is 11.4. The molecule has 0 aliphatic rings. The van der Waals surface area contributed by atoms with Gasteiger partial charge in [-0.25, -0.2) is 4.68 Å². The van der Waals surface area contributed by atoms with Crippen molar-refractivity contribution >= 4 is 17.5 Å². The van der Waals surface area contributed by atoms with Crippen LogP contribution in [0.2, 0.25) is 5.02 Å². The number of nitrogens with one attached hydrogen (secondary N) is 1. The van der Waals surface area contributed by atoms with E-state index in [0.29, 0.717) is 22.9 Å². The number of halogens is 1. The largest absolute Gasteiger partial charge is 0.467 e. The van der Waals surface area contributed by atoms with Gasteiger partial charge in [0.15, 0.2) is 0 Å². The lowest BCUT2D eigenvalue weighted by Crippen LogP contribution is -2.25. The number of nitrogens with zero attached hydrogens (tertiary/aromatic N) is 2. The van der Waals surface area contributed by atoms with Gasteiger partial charge in [0.1, 0.15) is 5.76 Å². The first-order valence-electron chi connectivity index (χ1n) is 9.07. The Balaban J connectivity index is 2.04. The molecule has 0 bridgehead atoms. The molecule has 1 amide bonds. The Hall–Kier alpha value is -2.53. The Bertz CT molecular complexity index is 910. The third-order valence-corrected chi connectivity index (χ3v) is 4.60. The number of hydrogen-bond acceptors (Lipinski definition) is 3. The van der Waals surface area contributed by atoms with Crippen molar-refractivity contribution in [3.05, 3.63) is 70.4 Å². The van der Waals surface area contributed by atoms with Crippen LogP contribution in [0.1, 0.15) is 67.0 Å². The summed E-state index contributed by atoms with van der Waals surface area (Å²) >= 11 is 6.03. The fourth-order valence-corrected chi connectivity index (χ4v) is 3.19. The molecule has 27 heavy (non-hydrogen) atoms. The van der Waals surface area contributed by atoms with Gasteiger partial charge in [-0.3, -0.25) is 4.79 Å². The average molecular weight is 386 g/mol. The van der Waals surface area contributed by atoms with Crippen LogP contribution in [0.15, 0.2) is 47.1 Å². The minimum absolute atomic E-state index is 0.111.